The third-order valence-corrected chi connectivity index (χ3v) is 7.08. The maximum Gasteiger partial charge on any atom is 0.251 e. The van der Waals surface area contributed by atoms with Gasteiger partial charge in [0.05, 0.1) is 12.6 Å². The molecular formula is C25H35N3O3. The van der Waals surface area contributed by atoms with Gasteiger partial charge in [0.25, 0.3) is 5.91 Å². The fourth-order valence-electron chi connectivity index (χ4n) is 4.83. The maximum atomic E-state index is 13.0. The lowest BCUT2D eigenvalue weighted by molar-refractivity contribution is -0.134. The quantitative estimate of drug-likeness (QED) is 0.638. The number of nitrogens with one attached hydrogen (secondary N) is 2. The first-order valence-corrected chi connectivity index (χ1v) is 12.0. The van der Waals surface area contributed by atoms with Crippen LogP contribution in [0.25, 0.3) is 0 Å². The van der Waals surface area contributed by atoms with E-state index in [-0.39, 0.29) is 35.5 Å². The highest BCUT2D eigenvalue weighted by atomic mass is 16.2. The number of Topliss-reactive ketones (excluding diaryl/α,β-unsaturated/α-hetero) is 1. The summed E-state index contributed by atoms with van der Waals surface area (Å²) in [6.45, 7) is 3.70. The van der Waals surface area contributed by atoms with Crippen LogP contribution in [0.5, 0.6) is 0 Å². The largest absolute Gasteiger partial charge is 0.342 e. The van der Waals surface area contributed by atoms with E-state index in [1.165, 1.54) is 19.3 Å². The van der Waals surface area contributed by atoms with E-state index in [9.17, 15) is 14.4 Å². The molecule has 0 radical (unpaired) electrons. The Balaban J connectivity index is 1.34. The molecule has 1 unspecified atom stereocenters. The molecule has 3 aliphatic rings. The fourth-order valence-corrected chi connectivity index (χ4v) is 4.83. The van der Waals surface area contributed by atoms with Crippen LogP contribution < -0.4 is 10.6 Å². The number of hydrogen-bond acceptors (Lipinski definition) is 4. The maximum absolute atomic E-state index is 13.0. The van der Waals surface area contributed by atoms with Gasteiger partial charge in [0.2, 0.25) is 5.91 Å². The minimum Gasteiger partial charge on any atom is -0.342 e. The van der Waals surface area contributed by atoms with Gasteiger partial charge in [-0.05, 0) is 49.3 Å². The van der Waals surface area contributed by atoms with Gasteiger partial charge in [0, 0.05) is 37.0 Å². The van der Waals surface area contributed by atoms with Gasteiger partial charge < -0.3 is 15.5 Å². The number of carbonyl (C=O) groups excluding carboxylic acids is 3. The van der Waals surface area contributed by atoms with Crippen LogP contribution in [-0.4, -0.2) is 54.2 Å². The summed E-state index contributed by atoms with van der Waals surface area (Å²) in [6.07, 6.45) is 8.32. The predicted molar refractivity (Wildman–Crippen MR) is 120 cm³/mol. The van der Waals surface area contributed by atoms with Crippen molar-refractivity contribution in [3.05, 3.63) is 35.4 Å². The first-order valence-electron chi connectivity index (χ1n) is 12.0. The van der Waals surface area contributed by atoms with Gasteiger partial charge >= 0.3 is 0 Å². The summed E-state index contributed by atoms with van der Waals surface area (Å²) in [5, 5.41) is 6.33. The van der Waals surface area contributed by atoms with Crippen molar-refractivity contribution in [2.24, 2.45) is 5.92 Å². The molecule has 168 valence electrons. The van der Waals surface area contributed by atoms with Crippen LogP contribution in [0.4, 0.5) is 0 Å². The Morgan fingerprint density at radius 3 is 2.48 bits per heavy atom. The zero-order valence-electron chi connectivity index (χ0n) is 18.6. The summed E-state index contributed by atoms with van der Waals surface area (Å²) in [5.41, 5.74) is 1.69. The minimum atomic E-state index is -0.378. The van der Waals surface area contributed by atoms with Crippen molar-refractivity contribution in [3.8, 4) is 0 Å². The summed E-state index contributed by atoms with van der Waals surface area (Å²) < 4.78 is 0. The number of amides is 2. The van der Waals surface area contributed by atoms with Crippen molar-refractivity contribution >= 4 is 17.6 Å². The molecule has 1 aromatic carbocycles. The molecule has 2 saturated carbocycles. The third-order valence-electron chi connectivity index (χ3n) is 7.08. The highest BCUT2D eigenvalue weighted by Crippen LogP contribution is 2.29. The van der Waals surface area contributed by atoms with Gasteiger partial charge in [-0.3, -0.25) is 14.4 Å². The Morgan fingerprint density at radius 2 is 1.81 bits per heavy atom. The van der Waals surface area contributed by atoms with Gasteiger partial charge in [-0.15, -0.1) is 0 Å². The number of hydrogen-bond donors (Lipinski definition) is 2. The molecule has 4 rings (SSSR count). The normalized spacial score (nSPS) is 20.7. The monoisotopic (exact) mass is 425 g/mol. The predicted octanol–water partition coefficient (Wildman–Crippen LogP) is 3.02. The average Bonchev–Trinajstić information content (AvgIpc) is 3.60. The number of rotatable bonds is 9. The molecule has 0 spiro atoms. The molecule has 1 saturated heterocycles. The summed E-state index contributed by atoms with van der Waals surface area (Å²) in [5.74, 6) is 0.641. The second-order valence-electron chi connectivity index (χ2n) is 9.45. The molecule has 2 aliphatic carbocycles. The van der Waals surface area contributed by atoms with E-state index in [0.29, 0.717) is 37.7 Å². The van der Waals surface area contributed by atoms with Gasteiger partial charge in [0.1, 0.15) is 0 Å². The van der Waals surface area contributed by atoms with E-state index < -0.39 is 0 Å². The zero-order chi connectivity index (χ0) is 21.8. The Labute approximate surface area is 185 Å². The van der Waals surface area contributed by atoms with Crippen molar-refractivity contribution in [2.45, 2.75) is 76.3 Å². The second kappa shape index (κ2) is 9.94. The molecule has 3 fully saturated rings. The number of ketones is 1. The molecule has 2 amide bonds. The van der Waals surface area contributed by atoms with Crippen LogP contribution in [-0.2, 0) is 9.59 Å². The average molecular weight is 426 g/mol. The van der Waals surface area contributed by atoms with Crippen molar-refractivity contribution in [2.75, 3.05) is 19.6 Å². The third kappa shape index (κ3) is 5.53. The summed E-state index contributed by atoms with van der Waals surface area (Å²) in [4.78, 5) is 39.7. The SMILES string of the molecule is CCC(=O)C(NC(=O)c1cccc(C2CN(C(=O)CNC3CC3)C2)c1)C1CCCCC1. The molecule has 1 aliphatic heterocycles. The molecule has 31 heavy (non-hydrogen) atoms. The smallest absolute Gasteiger partial charge is 0.251 e. The van der Waals surface area contributed by atoms with E-state index in [0.717, 1.165) is 31.2 Å². The van der Waals surface area contributed by atoms with Gasteiger partial charge in [0.15, 0.2) is 5.78 Å². The fraction of sp³-hybridized carbons (Fsp3) is 0.640. The molecule has 1 aromatic rings. The van der Waals surface area contributed by atoms with Crippen LogP contribution in [0.1, 0.15) is 80.1 Å². The Hall–Kier alpha value is -2.21. The van der Waals surface area contributed by atoms with Crippen LogP contribution in [0.2, 0.25) is 0 Å². The van der Waals surface area contributed by atoms with E-state index in [1.807, 2.05) is 36.1 Å². The van der Waals surface area contributed by atoms with Crippen molar-refractivity contribution in [1.29, 1.82) is 0 Å². The minimum absolute atomic E-state index is 0.129. The lowest BCUT2D eigenvalue weighted by atomic mass is 9.81. The highest BCUT2D eigenvalue weighted by molar-refractivity contribution is 5.98. The Kier molecular flexibility index (Phi) is 7.06. The number of nitrogens with zero attached hydrogens (tertiary/aromatic N) is 1. The first-order chi connectivity index (χ1) is 15.0. The van der Waals surface area contributed by atoms with Crippen molar-refractivity contribution < 1.29 is 14.4 Å². The van der Waals surface area contributed by atoms with Crippen LogP contribution in [0.3, 0.4) is 0 Å². The number of benzene rings is 1. The standard InChI is InChI=1S/C25H35N3O3/c1-2-22(29)24(17-7-4-3-5-8-17)27-25(31)19-10-6-9-18(13-19)20-15-28(16-20)23(30)14-26-21-11-12-21/h6,9-10,13,17,20-21,24,26H,2-5,7-8,11-12,14-16H2,1H3,(H,27,31). The molecule has 1 heterocycles. The van der Waals surface area contributed by atoms with E-state index in [4.69, 9.17) is 0 Å². The number of carbonyl (C=O) groups is 3. The van der Waals surface area contributed by atoms with Crippen molar-refractivity contribution in [1.82, 2.24) is 15.5 Å². The van der Waals surface area contributed by atoms with E-state index in [1.54, 1.807) is 0 Å². The number of likely N-dealkylation sites (tertiary alicyclic amines) is 1. The molecule has 1 atom stereocenters. The van der Waals surface area contributed by atoms with E-state index >= 15 is 0 Å². The van der Waals surface area contributed by atoms with Crippen LogP contribution in [0, 0.1) is 5.92 Å². The molecule has 2 N–H and O–H groups in total. The molecule has 6 heteroatoms. The first kappa shape index (κ1) is 22.0. The lowest BCUT2D eigenvalue weighted by Crippen LogP contribution is -2.51. The zero-order valence-corrected chi connectivity index (χ0v) is 18.6. The molecular weight excluding hydrogens is 390 g/mol. The van der Waals surface area contributed by atoms with E-state index in [2.05, 4.69) is 10.6 Å². The van der Waals surface area contributed by atoms with Gasteiger partial charge in [-0.1, -0.05) is 38.3 Å². The second-order valence-corrected chi connectivity index (χ2v) is 9.45. The molecule has 6 nitrogen and oxygen atoms in total. The lowest BCUT2D eigenvalue weighted by Gasteiger charge is -2.40. The Bertz CT molecular complexity index is 808. The van der Waals surface area contributed by atoms with Gasteiger partial charge in [-0.2, -0.15) is 0 Å². The van der Waals surface area contributed by atoms with Crippen LogP contribution in [0.15, 0.2) is 24.3 Å². The summed E-state index contributed by atoms with van der Waals surface area (Å²) >= 11 is 0. The highest BCUT2D eigenvalue weighted by Gasteiger charge is 2.33. The van der Waals surface area contributed by atoms with Gasteiger partial charge in [-0.25, -0.2) is 0 Å². The van der Waals surface area contributed by atoms with Crippen molar-refractivity contribution in [3.63, 3.8) is 0 Å². The molecule has 0 bridgehead atoms. The Morgan fingerprint density at radius 1 is 1.06 bits per heavy atom. The summed E-state index contributed by atoms with van der Waals surface area (Å²) in [7, 11) is 0. The topological polar surface area (TPSA) is 78.5 Å². The van der Waals surface area contributed by atoms with Crippen LogP contribution >= 0.6 is 0 Å². The molecule has 0 aromatic heterocycles. The summed E-state index contributed by atoms with van der Waals surface area (Å²) in [6, 6.07) is 7.83.